The van der Waals surface area contributed by atoms with E-state index in [0.29, 0.717) is 30.4 Å². The van der Waals surface area contributed by atoms with Gasteiger partial charge < -0.3 is 10.2 Å². The van der Waals surface area contributed by atoms with Gasteiger partial charge in [0.15, 0.2) is 11.6 Å². The largest absolute Gasteiger partial charge is 0.342 e. The van der Waals surface area contributed by atoms with Crippen molar-refractivity contribution in [3.63, 3.8) is 0 Å². The molecule has 0 aliphatic carbocycles. The number of piperidine rings is 1. The molecular formula is C35H39F2N5O2. The molecule has 44 heavy (non-hydrogen) atoms. The zero-order valence-corrected chi connectivity index (χ0v) is 25.7. The maximum Gasteiger partial charge on any atom is 0.324 e. The number of anilines is 2. The number of hydrogen-bond donors (Lipinski definition) is 2. The molecule has 1 aromatic heterocycles. The zero-order chi connectivity index (χ0) is 31.4. The first-order chi connectivity index (χ1) is 21.0. The highest BCUT2D eigenvalue weighted by molar-refractivity contribution is 6.00. The first-order valence-electron chi connectivity index (χ1n) is 15.0. The lowest BCUT2D eigenvalue weighted by atomic mass is 9.89. The van der Waals surface area contributed by atoms with Crippen molar-refractivity contribution in [1.82, 2.24) is 14.7 Å². The Morgan fingerprint density at radius 3 is 2.30 bits per heavy atom. The van der Waals surface area contributed by atoms with Crippen LogP contribution in [0.5, 0.6) is 0 Å². The van der Waals surface area contributed by atoms with Crippen molar-refractivity contribution in [3.05, 3.63) is 107 Å². The minimum absolute atomic E-state index is 0.0454. The van der Waals surface area contributed by atoms with Crippen LogP contribution in [0.1, 0.15) is 56.0 Å². The predicted molar refractivity (Wildman–Crippen MR) is 169 cm³/mol. The Morgan fingerprint density at radius 2 is 1.61 bits per heavy atom. The van der Waals surface area contributed by atoms with Crippen LogP contribution in [0.3, 0.4) is 0 Å². The lowest BCUT2D eigenvalue weighted by Crippen LogP contribution is -2.39. The Balaban J connectivity index is 1.21. The smallest absolute Gasteiger partial charge is 0.324 e. The lowest BCUT2D eigenvalue weighted by Gasteiger charge is -2.32. The topological polar surface area (TPSA) is 79.3 Å². The Bertz CT molecular complexity index is 1630. The van der Waals surface area contributed by atoms with Gasteiger partial charge in [-0.3, -0.25) is 10.1 Å². The van der Waals surface area contributed by atoms with Gasteiger partial charge in [-0.15, -0.1) is 0 Å². The number of carbonyl (C=O) groups is 2. The van der Waals surface area contributed by atoms with Crippen molar-refractivity contribution >= 4 is 23.4 Å². The molecule has 3 amide bonds. The number of nitrogens with one attached hydrogen (secondary N) is 2. The molecule has 7 nitrogen and oxygen atoms in total. The molecule has 1 fully saturated rings. The van der Waals surface area contributed by atoms with Crippen LogP contribution in [-0.4, -0.2) is 39.7 Å². The number of nitrogens with zero attached hydrogens (tertiary/aromatic N) is 3. The lowest BCUT2D eigenvalue weighted by molar-refractivity contribution is -0.131. The van der Waals surface area contributed by atoms with E-state index in [1.54, 1.807) is 9.58 Å². The van der Waals surface area contributed by atoms with Crippen LogP contribution < -0.4 is 10.6 Å². The fourth-order valence-electron chi connectivity index (χ4n) is 5.44. The van der Waals surface area contributed by atoms with Crippen LogP contribution in [0.2, 0.25) is 0 Å². The Hall–Kier alpha value is -4.53. The van der Waals surface area contributed by atoms with Crippen LogP contribution in [0.15, 0.2) is 72.8 Å². The molecule has 9 heteroatoms. The third-order valence-electron chi connectivity index (χ3n) is 8.08. The Labute approximate surface area is 257 Å². The van der Waals surface area contributed by atoms with Gasteiger partial charge >= 0.3 is 6.03 Å². The summed E-state index contributed by atoms with van der Waals surface area (Å²) in [6, 6.07) is 20.9. The number of para-hydroxylation sites is 1. The Morgan fingerprint density at radius 1 is 0.909 bits per heavy atom. The van der Waals surface area contributed by atoms with E-state index in [-0.39, 0.29) is 23.8 Å². The highest BCUT2D eigenvalue weighted by Gasteiger charge is 2.25. The first kappa shape index (κ1) is 30.9. The van der Waals surface area contributed by atoms with Gasteiger partial charge in [-0.05, 0) is 73.6 Å². The van der Waals surface area contributed by atoms with E-state index in [9.17, 15) is 18.4 Å². The van der Waals surface area contributed by atoms with Crippen LogP contribution >= 0.6 is 0 Å². The molecule has 0 atom stereocenters. The molecule has 1 aliphatic heterocycles. The van der Waals surface area contributed by atoms with E-state index in [0.717, 1.165) is 59.6 Å². The maximum atomic E-state index is 13.6. The number of aromatic nitrogens is 2. The maximum absolute atomic E-state index is 13.6. The minimum Gasteiger partial charge on any atom is -0.342 e. The van der Waals surface area contributed by atoms with Crippen molar-refractivity contribution < 1.29 is 18.4 Å². The molecule has 0 radical (unpaired) electrons. The summed E-state index contributed by atoms with van der Waals surface area (Å²) in [5, 5.41) is 10.8. The van der Waals surface area contributed by atoms with Crippen LogP contribution in [0.25, 0.3) is 5.69 Å². The number of carbonyl (C=O) groups excluding carboxylic acids is 2. The normalized spacial score (nSPS) is 14.0. The van der Waals surface area contributed by atoms with Gasteiger partial charge in [0.1, 0.15) is 5.82 Å². The first-order valence-corrected chi connectivity index (χ1v) is 15.0. The molecule has 0 spiro atoms. The molecular weight excluding hydrogens is 560 g/mol. The van der Waals surface area contributed by atoms with Crippen LogP contribution in [0.4, 0.5) is 25.1 Å². The third-order valence-corrected chi connectivity index (χ3v) is 8.08. The van der Waals surface area contributed by atoms with Gasteiger partial charge in [0, 0.05) is 30.3 Å². The highest BCUT2D eigenvalue weighted by atomic mass is 19.2. The molecule has 0 unspecified atom stereocenters. The number of aryl methyl sites for hydroxylation is 1. The molecule has 0 bridgehead atoms. The fourth-order valence-corrected chi connectivity index (χ4v) is 5.44. The van der Waals surface area contributed by atoms with E-state index in [1.807, 2.05) is 61.5 Å². The summed E-state index contributed by atoms with van der Waals surface area (Å²) >= 11 is 0. The summed E-state index contributed by atoms with van der Waals surface area (Å²) in [5.41, 5.74) is 4.88. The quantitative estimate of drug-likeness (QED) is 0.232. The summed E-state index contributed by atoms with van der Waals surface area (Å²) in [7, 11) is 0. The fraction of sp³-hybridized carbons (Fsp3) is 0.343. The number of rotatable bonds is 7. The summed E-state index contributed by atoms with van der Waals surface area (Å²) in [6.45, 7) is 9.48. The predicted octanol–water partition coefficient (Wildman–Crippen LogP) is 7.42. The van der Waals surface area contributed by atoms with Crippen LogP contribution in [0, 0.1) is 24.5 Å². The number of hydrogen-bond acceptors (Lipinski definition) is 3. The van der Waals surface area contributed by atoms with Crippen molar-refractivity contribution in [2.75, 3.05) is 23.7 Å². The van der Waals surface area contributed by atoms with E-state index < -0.39 is 11.6 Å². The molecule has 1 saturated heterocycles. The minimum atomic E-state index is -0.943. The summed E-state index contributed by atoms with van der Waals surface area (Å²) in [4.78, 5) is 27.9. The van der Waals surface area contributed by atoms with Gasteiger partial charge in [0.25, 0.3) is 0 Å². The monoisotopic (exact) mass is 599 g/mol. The molecule has 2 N–H and O–H groups in total. The summed E-state index contributed by atoms with van der Waals surface area (Å²) < 4.78 is 28.6. The van der Waals surface area contributed by atoms with Crippen molar-refractivity contribution in [2.45, 2.75) is 58.8 Å². The van der Waals surface area contributed by atoms with Crippen molar-refractivity contribution in [2.24, 2.45) is 5.92 Å². The average Bonchev–Trinajstić information content (AvgIpc) is 3.41. The number of amides is 3. The molecule has 3 aromatic carbocycles. The van der Waals surface area contributed by atoms with E-state index in [1.165, 1.54) is 6.07 Å². The summed E-state index contributed by atoms with van der Waals surface area (Å²) in [5.74, 6) is -1.04. The second kappa shape index (κ2) is 13.0. The molecule has 4 aromatic rings. The standard InChI is InChI=1S/C35H39F2N5O2/c1-23-9-12-27(13-10-23)42-32(22-31(40-42)35(2,3)4)39-34(44)38-30-8-6-5-7-26(30)19-24-15-17-41(18-16-24)33(43)21-25-11-14-28(36)29(37)20-25/h5-14,20,22,24H,15-19,21H2,1-4H3,(H2,38,39,44). The molecule has 0 saturated carbocycles. The number of benzene rings is 3. The van der Waals surface area contributed by atoms with Crippen molar-refractivity contribution in [3.8, 4) is 5.69 Å². The van der Waals surface area contributed by atoms with Gasteiger partial charge in [-0.25, -0.2) is 18.3 Å². The molecule has 2 heterocycles. The number of halogens is 2. The molecule has 5 rings (SSSR count). The zero-order valence-electron chi connectivity index (χ0n) is 25.7. The summed E-state index contributed by atoms with van der Waals surface area (Å²) in [6.07, 6.45) is 2.44. The van der Waals surface area contributed by atoms with E-state index in [2.05, 4.69) is 31.4 Å². The van der Waals surface area contributed by atoms with Crippen molar-refractivity contribution in [1.29, 1.82) is 0 Å². The van der Waals surface area contributed by atoms with Gasteiger partial charge in [0.2, 0.25) is 5.91 Å². The third kappa shape index (κ3) is 7.51. The van der Waals surface area contributed by atoms with Gasteiger partial charge in [0.05, 0.1) is 17.8 Å². The second-order valence-corrected chi connectivity index (χ2v) is 12.6. The Kier molecular flexibility index (Phi) is 9.13. The van der Waals surface area contributed by atoms with E-state index in [4.69, 9.17) is 5.10 Å². The van der Waals surface area contributed by atoms with Gasteiger partial charge in [-0.2, -0.15) is 5.10 Å². The van der Waals surface area contributed by atoms with Crippen LogP contribution in [-0.2, 0) is 23.1 Å². The number of likely N-dealkylation sites (tertiary alicyclic amines) is 1. The van der Waals surface area contributed by atoms with E-state index >= 15 is 0 Å². The number of urea groups is 1. The highest BCUT2D eigenvalue weighted by Crippen LogP contribution is 2.28. The molecule has 1 aliphatic rings. The SMILES string of the molecule is Cc1ccc(-n2nc(C(C)(C)C)cc2NC(=O)Nc2ccccc2CC2CCN(C(=O)Cc3ccc(F)c(F)c3)CC2)cc1. The van der Waals surface area contributed by atoms with Gasteiger partial charge in [-0.1, -0.05) is 62.7 Å². The second-order valence-electron chi connectivity index (χ2n) is 12.6. The molecule has 230 valence electrons. The average molecular weight is 600 g/mol.